The predicted molar refractivity (Wildman–Crippen MR) is 80.8 cm³/mol. The van der Waals surface area contributed by atoms with E-state index < -0.39 is 12.1 Å². The number of ether oxygens (including phenoxy) is 1. The molecule has 0 aliphatic carbocycles. The summed E-state index contributed by atoms with van der Waals surface area (Å²) in [5, 5.41) is 9.04. The fourth-order valence-electron chi connectivity index (χ4n) is 1.83. The summed E-state index contributed by atoms with van der Waals surface area (Å²) < 4.78 is 5.60. The van der Waals surface area contributed by atoms with Gasteiger partial charge in [-0.15, -0.1) is 0 Å². The van der Waals surface area contributed by atoms with E-state index in [0.29, 0.717) is 23.7 Å². The summed E-state index contributed by atoms with van der Waals surface area (Å²) in [4.78, 5) is 24.1. The smallest absolute Gasteiger partial charge is 0.303 e. The molecule has 1 aromatic rings. The van der Waals surface area contributed by atoms with Crippen LogP contribution in [0.5, 0.6) is 5.75 Å². The van der Waals surface area contributed by atoms with Gasteiger partial charge < -0.3 is 14.7 Å². The van der Waals surface area contributed by atoms with Crippen LogP contribution in [0.25, 0.3) is 0 Å². The van der Waals surface area contributed by atoms with Gasteiger partial charge in [0.15, 0.2) is 6.10 Å². The molecule has 1 amide bonds. The van der Waals surface area contributed by atoms with Gasteiger partial charge in [0.25, 0.3) is 5.91 Å². The number of benzene rings is 1. The van der Waals surface area contributed by atoms with Crippen molar-refractivity contribution in [3.63, 3.8) is 0 Å². The van der Waals surface area contributed by atoms with Crippen molar-refractivity contribution in [2.45, 2.75) is 32.8 Å². The Morgan fingerprint density at radius 3 is 2.71 bits per heavy atom. The van der Waals surface area contributed by atoms with Gasteiger partial charge in [0.05, 0.1) is 5.02 Å². The lowest BCUT2D eigenvalue weighted by Gasteiger charge is -2.22. The van der Waals surface area contributed by atoms with E-state index in [1.807, 2.05) is 13.0 Å². The number of carboxylic acid groups (broad SMARTS) is 1. The van der Waals surface area contributed by atoms with E-state index in [0.717, 1.165) is 5.56 Å². The second-order valence-electron chi connectivity index (χ2n) is 4.95. The zero-order valence-corrected chi connectivity index (χ0v) is 13.2. The first-order valence-corrected chi connectivity index (χ1v) is 7.08. The highest BCUT2D eigenvalue weighted by Crippen LogP contribution is 2.26. The van der Waals surface area contributed by atoms with Crippen molar-refractivity contribution < 1.29 is 19.4 Å². The second-order valence-corrected chi connectivity index (χ2v) is 5.36. The van der Waals surface area contributed by atoms with Gasteiger partial charge in [-0.1, -0.05) is 17.7 Å². The second kappa shape index (κ2) is 7.88. The molecular weight excluding hydrogens is 294 g/mol. The Balaban J connectivity index is 2.57. The van der Waals surface area contributed by atoms with Gasteiger partial charge in [-0.3, -0.25) is 9.59 Å². The number of amides is 1. The molecule has 0 aliphatic rings. The summed E-state index contributed by atoms with van der Waals surface area (Å²) in [5.41, 5.74) is 0.990. The third-order valence-corrected chi connectivity index (χ3v) is 3.31. The molecule has 0 saturated carbocycles. The first-order valence-electron chi connectivity index (χ1n) is 6.71. The van der Waals surface area contributed by atoms with Crippen molar-refractivity contribution in [1.82, 2.24) is 4.90 Å². The molecule has 0 saturated heterocycles. The Kier molecular flexibility index (Phi) is 6.49. The van der Waals surface area contributed by atoms with Gasteiger partial charge in [0, 0.05) is 20.0 Å². The first kappa shape index (κ1) is 17.3. The van der Waals surface area contributed by atoms with Crippen LogP contribution >= 0.6 is 11.6 Å². The van der Waals surface area contributed by atoms with Crippen molar-refractivity contribution in [3.05, 3.63) is 28.8 Å². The van der Waals surface area contributed by atoms with Crippen LogP contribution in [0.1, 0.15) is 25.3 Å². The number of carboxylic acids is 1. The van der Waals surface area contributed by atoms with E-state index >= 15 is 0 Å². The van der Waals surface area contributed by atoms with E-state index in [-0.39, 0.29) is 12.3 Å². The van der Waals surface area contributed by atoms with Crippen molar-refractivity contribution in [3.8, 4) is 5.75 Å². The van der Waals surface area contributed by atoms with Crippen LogP contribution in [0, 0.1) is 6.92 Å². The SMILES string of the molecule is Cc1ccc(Cl)c(OC(C)C(=O)N(C)CCCC(=O)O)c1. The molecule has 0 aliphatic heterocycles. The molecular formula is C15H20ClNO4. The average molecular weight is 314 g/mol. The summed E-state index contributed by atoms with van der Waals surface area (Å²) in [6, 6.07) is 5.36. The molecule has 0 heterocycles. The Morgan fingerprint density at radius 2 is 2.10 bits per heavy atom. The van der Waals surface area contributed by atoms with Crippen molar-refractivity contribution in [1.29, 1.82) is 0 Å². The molecule has 1 aromatic carbocycles. The Bertz CT molecular complexity index is 518. The molecule has 6 heteroatoms. The van der Waals surface area contributed by atoms with Gasteiger partial charge >= 0.3 is 5.97 Å². The lowest BCUT2D eigenvalue weighted by atomic mass is 10.2. The maximum absolute atomic E-state index is 12.1. The summed E-state index contributed by atoms with van der Waals surface area (Å²) in [6.07, 6.45) is -0.231. The lowest BCUT2D eigenvalue weighted by molar-refractivity contribution is -0.139. The summed E-state index contributed by atoms with van der Waals surface area (Å²) in [6.45, 7) is 3.93. The van der Waals surface area contributed by atoms with Gasteiger partial charge in [-0.05, 0) is 38.0 Å². The van der Waals surface area contributed by atoms with Crippen LogP contribution in [-0.4, -0.2) is 41.6 Å². The standard InChI is InChI=1S/C15H20ClNO4/c1-10-6-7-12(16)13(9-10)21-11(2)15(20)17(3)8-4-5-14(18)19/h6-7,9,11H,4-5,8H2,1-3H3,(H,18,19). The van der Waals surface area contributed by atoms with E-state index in [1.165, 1.54) is 4.90 Å². The summed E-state index contributed by atoms with van der Waals surface area (Å²) in [7, 11) is 1.63. The quantitative estimate of drug-likeness (QED) is 0.840. The largest absolute Gasteiger partial charge is 0.481 e. The maximum Gasteiger partial charge on any atom is 0.303 e. The fourth-order valence-corrected chi connectivity index (χ4v) is 1.99. The summed E-state index contributed by atoms with van der Waals surface area (Å²) in [5.74, 6) is -0.610. The maximum atomic E-state index is 12.1. The topological polar surface area (TPSA) is 66.8 Å². The molecule has 21 heavy (non-hydrogen) atoms. The van der Waals surface area contributed by atoms with E-state index in [1.54, 1.807) is 26.1 Å². The molecule has 5 nitrogen and oxygen atoms in total. The number of hydrogen-bond donors (Lipinski definition) is 1. The first-order chi connectivity index (χ1) is 9.81. The molecule has 0 aromatic heterocycles. The van der Waals surface area contributed by atoms with E-state index in [2.05, 4.69) is 0 Å². The van der Waals surface area contributed by atoms with Crippen LogP contribution in [-0.2, 0) is 9.59 Å². The normalized spacial score (nSPS) is 11.8. The highest BCUT2D eigenvalue weighted by Gasteiger charge is 2.20. The highest BCUT2D eigenvalue weighted by molar-refractivity contribution is 6.32. The van der Waals surface area contributed by atoms with Crippen LogP contribution in [0.2, 0.25) is 5.02 Å². The number of nitrogens with zero attached hydrogens (tertiary/aromatic N) is 1. The lowest BCUT2D eigenvalue weighted by Crippen LogP contribution is -2.38. The van der Waals surface area contributed by atoms with Crippen LogP contribution in [0.4, 0.5) is 0 Å². The average Bonchev–Trinajstić information content (AvgIpc) is 2.41. The number of rotatable bonds is 7. The third kappa shape index (κ3) is 5.63. The minimum atomic E-state index is -0.869. The number of carbonyl (C=O) groups excluding carboxylic acids is 1. The molecule has 1 N–H and O–H groups in total. The van der Waals surface area contributed by atoms with Crippen LogP contribution in [0.15, 0.2) is 18.2 Å². The number of likely N-dealkylation sites (N-methyl/N-ethyl adjacent to an activating group) is 1. The Labute approximate surface area is 129 Å². The number of hydrogen-bond acceptors (Lipinski definition) is 3. The van der Waals surface area contributed by atoms with Crippen molar-refractivity contribution in [2.75, 3.05) is 13.6 Å². The molecule has 0 bridgehead atoms. The van der Waals surface area contributed by atoms with Gasteiger partial charge in [0.1, 0.15) is 5.75 Å². The van der Waals surface area contributed by atoms with Crippen LogP contribution < -0.4 is 4.74 Å². The number of halogens is 1. The molecule has 1 rings (SSSR count). The number of aryl methyl sites for hydroxylation is 1. The number of carbonyl (C=O) groups is 2. The highest BCUT2D eigenvalue weighted by atomic mass is 35.5. The summed E-state index contributed by atoms with van der Waals surface area (Å²) >= 11 is 6.03. The van der Waals surface area contributed by atoms with E-state index in [9.17, 15) is 9.59 Å². The van der Waals surface area contributed by atoms with Gasteiger partial charge in [-0.25, -0.2) is 0 Å². The molecule has 0 spiro atoms. The van der Waals surface area contributed by atoms with E-state index in [4.69, 9.17) is 21.4 Å². The Hall–Kier alpha value is -1.75. The van der Waals surface area contributed by atoms with Crippen LogP contribution in [0.3, 0.4) is 0 Å². The minimum Gasteiger partial charge on any atom is -0.481 e. The zero-order chi connectivity index (χ0) is 16.0. The molecule has 116 valence electrons. The fraction of sp³-hybridized carbons (Fsp3) is 0.467. The molecule has 1 unspecified atom stereocenters. The van der Waals surface area contributed by atoms with Crippen molar-refractivity contribution >= 4 is 23.5 Å². The van der Waals surface area contributed by atoms with Gasteiger partial charge in [0.2, 0.25) is 0 Å². The number of aliphatic carboxylic acids is 1. The monoisotopic (exact) mass is 313 g/mol. The molecule has 0 fully saturated rings. The van der Waals surface area contributed by atoms with Gasteiger partial charge in [-0.2, -0.15) is 0 Å². The Morgan fingerprint density at radius 1 is 1.43 bits per heavy atom. The molecule has 0 radical (unpaired) electrons. The minimum absolute atomic E-state index is 0.0383. The van der Waals surface area contributed by atoms with Crippen molar-refractivity contribution in [2.24, 2.45) is 0 Å². The zero-order valence-electron chi connectivity index (χ0n) is 12.4. The third-order valence-electron chi connectivity index (χ3n) is 3.00. The predicted octanol–water partition coefficient (Wildman–Crippen LogP) is 2.74. The molecule has 1 atom stereocenters.